The fourth-order valence-electron chi connectivity index (χ4n) is 2.09. The van der Waals surface area contributed by atoms with Gasteiger partial charge >= 0.3 is 0 Å². The number of hydrogen-bond donors (Lipinski definition) is 2. The number of methoxy groups -OCH3 is 3. The van der Waals surface area contributed by atoms with Crippen LogP contribution in [0.15, 0.2) is 46.0 Å². The molecule has 2 rings (SSSR count). The molecule has 0 saturated carbocycles. The Hall–Kier alpha value is -2.74. The average Bonchev–Trinajstić information content (AvgIpc) is 2.67. The fraction of sp³-hybridized carbons (Fsp3) is 0.222. The van der Waals surface area contributed by atoms with Crippen LogP contribution in [0.1, 0.15) is 5.56 Å². The maximum Gasteiger partial charge on any atom is 0.259 e. The molecule has 0 spiro atoms. The van der Waals surface area contributed by atoms with Gasteiger partial charge in [-0.3, -0.25) is 4.79 Å². The van der Waals surface area contributed by atoms with Crippen LogP contribution in [0.2, 0.25) is 0 Å². The van der Waals surface area contributed by atoms with Gasteiger partial charge in [0, 0.05) is 17.3 Å². The highest BCUT2D eigenvalue weighted by atomic mass is 79.9. The van der Waals surface area contributed by atoms with E-state index < -0.39 is 0 Å². The summed E-state index contributed by atoms with van der Waals surface area (Å²) in [6, 6.07) is 10.8. The van der Waals surface area contributed by atoms with E-state index in [1.807, 2.05) is 24.3 Å². The van der Waals surface area contributed by atoms with Crippen molar-refractivity contribution in [1.82, 2.24) is 5.43 Å². The number of carbonyl (C=O) groups is 1. The lowest BCUT2D eigenvalue weighted by molar-refractivity contribution is -0.119. The Morgan fingerprint density at radius 1 is 1.08 bits per heavy atom. The molecule has 0 heterocycles. The van der Waals surface area contributed by atoms with Gasteiger partial charge in [0.05, 0.1) is 38.6 Å². The van der Waals surface area contributed by atoms with Crippen molar-refractivity contribution in [2.75, 3.05) is 33.2 Å². The molecule has 1 amide bonds. The van der Waals surface area contributed by atoms with E-state index >= 15 is 0 Å². The molecule has 0 aromatic heterocycles. The van der Waals surface area contributed by atoms with Gasteiger partial charge in [0.15, 0.2) is 0 Å². The molecule has 2 aromatic rings. The number of anilines is 1. The first-order chi connectivity index (χ1) is 12.6. The molecule has 0 unspecified atom stereocenters. The van der Waals surface area contributed by atoms with E-state index in [0.29, 0.717) is 17.1 Å². The van der Waals surface area contributed by atoms with Crippen molar-refractivity contribution in [3.8, 4) is 17.2 Å². The number of carbonyl (C=O) groups excluding carboxylic acids is 1. The molecule has 0 bridgehead atoms. The molecule has 138 valence electrons. The number of nitrogens with one attached hydrogen (secondary N) is 2. The summed E-state index contributed by atoms with van der Waals surface area (Å²) in [6.45, 7) is 0.0904. The molecule has 0 atom stereocenters. The van der Waals surface area contributed by atoms with Gasteiger partial charge in [0.25, 0.3) is 5.91 Å². The summed E-state index contributed by atoms with van der Waals surface area (Å²) < 4.78 is 16.4. The van der Waals surface area contributed by atoms with E-state index in [9.17, 15) is 4.79 Å². The van der Waals surface area contributed by atoms with Gasteiger partial charge in [0.2, 0.25) is 0 Å². The highest BCUT2D eigenvalue weighted by Crippen LogP contribution is 2.31. The smallest absolute Gasteiger partial charge is 0.259 e. The summed E-state index contributed by atoms with van der Waals surface area (Å²) in [5.74, 6) is 1.71. The van der Waals surface area contributed by atoms with Crippen LogP contribution >= 0.6 is 15.9 Å². The molecule has 0 radical (unpaired) electrons. The standard InChI is InChI=1S/C18H20BrN3O4/c1-24-14-6-4-13(5-7-14)20-11-18(23)22-21-10-12-8-15(19)17(26-3)9-16(12)25-2/h4-10,20H,11H2,1-3H3,(H,22,23)/b21-10+. The van der Waals surface area contributed by atoms with Gasteiger partial charge in [-0.15, -0.1) is 0 Å². The molecular formula is C18H20BrN3O4. The minimum atomic E-state index is -0.274. The first kappa shape index (κ1) is 19.6. The van der Waals surface area contributed by atoms with Crippen LogP contribution < -0.4 is 25.0 Å². The molecule has 2 aromatic carbocycles. The Kier molecular flexibility index (Phi) is 7.28. The van der Waals surface area contributed by atoms with Gasteiger partial charge < -0.3 is 19.5 Å². The quantitative estimate of drug-likeness (QED) is 0.505. The lowest BCUT2D eigenvalue weighted by Crippen LogP contribution is -2.25. The number of hydrogen-bond acceptors (Lipinski definition) is 6. The molecule has 0 aliphatic carbocycles. The third-order valence-electron chi connectivity index (χ3n) is 3.44. The molecule has 0 aliphatic rings. The van der Waals surface area contributed by atoms with Crippen LogP contribution in [0.25, 0.3) is 0 Å². The van der Waals surface area contributed by atoms with E-state index in [1.165, 1.54) is 6.21 Å². The second-order valence-corrected chi connectivity index (χ2v) is 5.96. The predicted molar refractivity (Wildman–Crippen MR) is 104 cm³/mol. The first-order valence-corrected chi connectivity index (χ1v) is 8.48. The summed E-state index contributed by atoms with van der Waals surface area (Å²) >= 11 is 3.40. The number of nitrogens with zero attached hydrogens (tertiary/aromatic N) is 1. The van der Waals surface area contributed by atoms with Crippen LogP contribution in [0.5, 0.6) is 17.2 Å². The zero-order valence-electron chi connectivity index (χ0n) is 14.7. The molecule has 26 heavy (non-hydrogen) atoms. The van der Waals surface area contributed by atoms with Crippen LogP contribution in [0, 0.1) is 0 Å². The zero-order valence-corrected chi connectivity index (χ0v) is 16.3. The van der Waals surface area contributed by atoms with Crippen molar-refractivity contribution in [3.63, 3.8) is 0 Å². The van der Waals surface area contributed by atoms with Gasteiger partial charge in [-0.1, -0.05) is 0 Å². The van der Waals surface area contributed by atoms with E-state index in [-0.39, 0.29) is 12.5 Å². The van der Waals surface area contributed by atoms with Crippen LogP contribution in [-0.2, 0) is 4.79 Å². The highest BCUT2D eigenvalue weighted by molar-refractivity contribution is 9.10. The number of amides is 1. The Morgan fingerprint density at radius 2 is 1.77 bits per heavy atom. The molecule has 7 nitrogen and oxygen atoms in total. The van der Waals surface area contributed by atoms with Crippen LogP contribution in [0.3, 0.4) is 0 Å². The third kappa shape index (κ3) is 5.38. The van der Waals surface area contributed by atoms with Gasteiger partial charge in [-0.25, -0.2) is 5.43 Å². The van der Waals surface area contributed by atoms with E-state index in [0.717, 1.165) is 15.9 Å². The van der Waals surface area contributed by atoms with Crippen molar-refractivity contribution in [3.05, 3.63) is 46.4 Å². The van der Waals surface area contributed by atoms with Crippen LogP contribution in [0.4, 0.5) is 5.69 Å². The number of benzene rings is 2. The van der Waals surface area contributed by atoms with Crippen LogP contribution in [-0.4, -0.2) is 40.0 Å². The van der Waals surface area contributed by atoms with E-state index in [2.05, 4.69) is 31.8 Å². The predicted octanol–water partition coefficient (Wildman–Crippen LogP) is 3.04. The van der Waals surface area contributed by atoms with Gasteiger partial charge in [0.1, 0.15) is 17.2 Å². The Balaban J connectivity index is 1.91. The maximum absolute atomic E-state index is 11.9. The number of halogens is 1. The molecule has 2 N–H and O–H groups in total. The second kappa shape index (κ2) is 9.67. The second-order valence-electron chi connectivity index (χ2n) is 5.10. The van der Waals surface area contributed by atoms with Crippen molar-refractivity contribution < 1.29 is 19.0 Å². The molecule has 0 fully saturated rings. The lowest BCUT2D eigenvalue weighted by atomic mass is 10.2. The van der Waals surface area contributed by atoms with Crippen molar-refractivity contribution in [2.45, 2.75) is 0 Å². The molecule has 0 aliphatic heterocycles. The topological polar surface area (TPSA) is 81.2 Å². The van der Waals surface area contributed by atoms with Crippen molar-refractivity contribution >= 4 is 33.7 Å². The number of ether oxygens (including phenoxy) is 3. The minimum Gasteiger partial charge on any atom is -0.497 e. The molecular weight excluding hydrogens is 402 g/mol. The third-order valence-corrected chi connectivity index (χ3v) is 4.06. The summed E-state index contributed by atoms with van der Waals surface area (Å²) in [5.41, 5.74) is 3.97. The summed E-state index contributed by atoms with van der Waals surface area (Å²) in [7, 11) is 4.73. The van der Waals surface area contributed by atoms with Crippen molar-refractivity contribution in [2.24, 2.45) is 5.10 Å². The number of hydrazone groups is 1. The SMILES string of the molecule is COc1ccc(NCC(=O)N/N=C/c2cc(Br)c(OC)cc2OC)cc1. The Labute approximate surface area is 160 Å². The Morgan fingerprint density at radius 3 is 2.38 bits per heavy atom. The first-order valence-electron chi connectivity index (χ1n) is 7.68. The summed E-state index contributed by atoms with van der Waals surface area (Å²) in [4.78, 5) is 11.9. The normalized spacial score (nSPS) is 10.5. The zero-order chi connectivity index (χ0) is 18.9. The molecule has 8 heteroatoms. The Bertz CT molecular complexity index is 779. The molecule has 0 saturated heterocycles. The maximum atomic E-state index is 11.9. The van der Waals surface area contributed by atoms with Gasteiger partial charge in [-0.2, -0.15) is 5.10 Å². The van der Waals surface area contributed by atoms with E-state index in [4.69, 9.17) is 14.2 Å². The minimum absolute atomic E-state index is 0.0904. The summed E-state index contributed by atoms with van der Waals surface area (Å²) in [5, 5.41) is 6.96. The van der Waals surface area contributed by atoms with Gasteiger partial charge in [-0.05, 0) is 46.3 Å². The monoisotopic (exact) mass is 421 g/mol. The largest absolute Gasteiger partial charge is 0.497 e. The average molecular weight is 422 g/mol. The lowest BCUT2D eigenvalue weighted by Gasteiger charge is -2.09. The number of rotatable bonds is 8. The highest BCUT2D eigenvalue weighted by Gasteiger charge is 2.08. The van der Waals surface area contributed by atoms with Crippen molar-refractivity contribution in [1.29, 1.82) is 0 Å². The van der Waals surface area contributed by atoms with E-state index in [1.54, 1.807) is 33.5 Å². The summed E-state index contributed by atoms with van der Waals surface area (Å²) in [6.07, 6.45) is 1.51. The fourth-order valence-corrected chi connectivity index (χ4v) is 2.61.